The van der Waals surface area contributed by atoms with Crippen LogP contribution in [0, 0.1) is 16.7 Å². The molecular formula is C37H58N6O8. The van der Waals surface area contributed by atoms with E-state index >= 15 is 0 Å². The van der Waals surface area contributed by atoms with Gasteiger partial charge in [-0.1, -0.05) is 39.8 Å². The van der Waals surface area contributed by atoms with Crippen molar-refractivity contribution in [3.63, 3.8) is 0 Å². The van der Waals surface area contributed by atoms with Crippen LogP contribution in [0.15, 0.2) is 36.4 Å². The first kappa shape index (κ1) is 46.2. The molecule has 0 bridgehead atoms. The van der Waals surface area contributed by atoms with E-state index in [0.717, 1.165) is 45.6 Å². The second-order valence-electron chi connectivity index (χ2n) is 12.2. The van der Waals surface area contributed by atoms with Crippen LogP contribution in [-0.4, -0.2) is 108 Å². The van der Waals surface area contributed by atoms with Gasteiger partial charge in [0.2, 0.25) is 6.41 Å². The third-order valence-electron chi connectivity index (χ3n) is 7.69. The van der Waals surface area contributed by atoms with Crippen LogP contribution in [0.3, 0.4) is 0 Å². The second-order valence-corrected chi connectivity index (χ2v) is 12.2. The fourth-order valence-electron chi connectivity index (χ4n) is 4.59. The molecule has 0 aliphatic carbocycles. The molecule has 1 amide bonds. The number of methoxy groups -OCH3 is 1. The molecule has 1 unspecified atom stereocenters. The second kappa shape index (κ2) is 25.2. The van der Waals surface area contributed by atoms with E-state index in [-0.39, 0.29) is 53.0 Å². The molecule has 6 N–H and O–H groups in total. The lowest BCUT2D eigenvalue weighted by atomic mass is 9.98. The largest absolute Gasteiger partial charge is 0.508 e. The van der Waals surface area contributed by atoms with Crippen molar-refractivity contribution in [2.45, 2.75) is 73.3 Å². The number of carbonyl (C=O) groups excluding carboxylic acids is 3. The standard InChI is InChI=1S/C24H33N5O2.C7H12O3.C3H7NO.C3H6O2/c1-16(2)20-13-21(23(31)14-22(20)30)24(26)29(17(3)25)19-7-5-18(6-8-19)15-28-11-9-27(4)10-12-28;1-6(4-3-5-8)7(9)10-2;1-2-4-3-5;1-2-3(4)5/h5-8,13-14,16,25-26,30-31H,9-12,15H2,1-4H3;5-6H,3-4H2,1-2H3;3H,2H2,1H3,(H,4,5);2H2,1H3,(H,4,5). The normalized spacial score (nSPS) is 13.0. The lowest BCUT2D eigenvalue weighted by molar-refractivity contribution is -0.145. The number of amides is 1. The van der Waals surface area contributed by atoms with Crippen LogP contribution in [0.2, 0.25) is 0 Å². The number of carboxylic acids is 1. The topological polar surface area (TPSA) is 208 Å². The van der Waals surface area contributed by atoms with Crippen molar-refractivity contribution in [2.24, 2.45) is 5.92 Å². The average Bonchev–Trinajstić information content (AvgIpc) is 3.09. The van der Waals surface area contributed by atoms with Gasteiger partial charge in [0.15, 0.2) is 0 Å². The number of carbonyl (C=O) groups is 4. The molecule has 0 aromatic heterocycles. The van der Waals surface area contributed by atoms with E-state index in [1.54, 1.807) is 26.8 Å². The highest BCUT2D eigenvalue weighted by Crippen LogP contribution is 2.33. The Hall–Kier alpha value is -4.82. The highest BCUT2D eigenvalue weighted by atomic mass is 16.5. The molecule has 0 radical (unpaired) electrons. The van der Waals surface area contributed by atoms with Crippen molar-refractivity contribution in [1.29, 1.82) is 10.8 Å². The van der Waals surface area contributed by atoms with E-state index in [4.69, 9.17) is 15.9 Å². The van der Waals surface area contributed by atoms with Gasteiger partial charge >= 0.3 is 11.9 Å². The number of phenols is 2. The molecule has 2 aromatic rings. The van der Waals surface area contributed by atoms with Gasteiger partial charge in [-0.05, 0) is 62.6 Å². The number of anilines is 1. The van der Waals surface area contributed by atoms with Crippen molar-refractivity contribution in [1.82, 2.24) is 15.1 Å². The molecule has 1 aliphatic heterocycles. The van der Waals surface area contributed by atoms with E-state index in [9.17, 15) is 29.4 Å². The molecule has 14 heteroatoms. The summed E-state index contributed by atoms with van der Waals surface area (Å²) in [7, 11) is 3.49. The number of aromatic hydroxyl groups is 2. The molecule has 2 aromatic carbocycles. The van der Waals surface area contributed by atoms with Crippen LogP contribution in [0.1, 0.15) is 83.4 Å². The number of aldehydes is 1. The summed E-state index contributed by atoms with van der Waals surface area (Å²) in [5.41, 5.74) is 2.83. The summed E-state index contributed by atoms with van der Waals surface area (Å²) in [4.78, 5) is 45.5. The molecular weight excluding hydrogens is 656 g/mol. The summed E-state index contributed by atoms with van der Waals surface area (Å²) in [6.45, 7) is 16.6. The summed E-state index contributed by atoms with van der Waals surface area (Å²) in [5, 5.41) is 47.6. The maximum absolute atomic E-state index is 10.7. The molecule has 0 spiro atoms. The Morgan fingerprint density at radius 1 is 1.00 bits per heavy atom. The minimum atomic E-state index is -0.745. The summed E-state index contributed by atoms with van der Waals surface area (Å²) < 4.78 is 4.45. The quantitative estimate of drug-likeness (QED) is 0.0761. The number of esters is 1. The fourth-order valence-corrected chi connectivity index (χ4v) is 4.59. The first-order valence-corrected chi connectivity index (χ1v) is 17.0. The number of hydrogen-bond donors (Lipinski definition) is 6. The third-order valence-corrected chi connectivity index (χ3v) is 7.69. The van der Waals surface area contributed by atoms with Crippen molar-refractivity contribution in [3.05, 3.63) is 53.1 Å². The van der Waals surface area contributed by atoms with Crippen molar-refractivity contribution >= 4 is 42.0 Å². The van der Waals surface area contributed by atoms with Crippen molar-refractivity contribution in [3.8, 4) is 11.5 Å². The Balaban J connectivity index is 0.00000102. The van der Waals surface area contributed by atoms with E-state index in [2.05, 4.69) is 26.9 Å². The third kappa shape index (κ3) is 17.6. The zero-order valence-corrected chi connectivity index (χ0v) is 31.4. The molecule has 1 heterocycles. The maximum atomic E-state index is 10.7. The number of ether oxygens (including phenoxy) is 1. The average molecular weight is 715 g/mol. The van der Waals surface area contributed by atoms with Crippen LogP contribution in [0.4, 0.5) is 5.69 Å². The summed E-state index contributed by atoms with van der Waals surface area (Å²) in [5.74, 6) is -1.10. The van der Waals surface area contributed by atoms with Crippen LogP contribution < -0.4 is 10.2 Å². The lowest BCUT2D eigenvalue weighted by Gasteiger charge is -2.32. The van der Waals surface area contributed by atoms with Gasteiger partial charge in [-0.25, -0.2) is 0 Å². The van der Waals surface area contributed by atoms with Gasteiger partial charge in [-0.15, -0.1) is 0 Å². The van der Waals surface area contributed by atoms with Gasteiger partial charge in [0.05, 0.1) is 18.6 Å². The molecule has 3 rings (SSSR count). The lowest BCUT2D eigenvalue weighted by Crippen LogP contribution is -2.43. The van der Waals surface area contributed by atoms with Gasteiger partial charge < -0.3 is 35.1 Å². The molecule has 1 atom stereocenters. The number of phenolic OH excluding ortho intramolecular Hbond substituents is 2. The Kier molecular flexibility index (Phi) is 22.8. The van der Waals surface area contributed by atoms with Crippen LogP contribution in [0.25, 0.3) is 0 Å². The number of benzene rings is 2. The first-order valence-electron chi connectivity index (χ1n) is 17.0. The smallest absolute Gasteiger partial charge is 0.308 e. The predicted octanol–water partition coefficient (Wildman–Crippen LogP) is 4.81. The molecule has 14 nitrogen and oxygen atoms in total. The highest BCUT2D eigenvalue weighted by Gasteiger charge is 2.22. The van der Waals surface area contributed by atoms with Gasteiger partial charge in [0, 0.05) is 63.9 Å². The molecule has 1 aliphatic rings. The molecule has 51 heavy (non-hydrogen) atoms. The van der Waals surface area contributed by atoms with Gasteiger partial charge in [-0.2, -0.15) is 0 Å². The van der Waals surface area contributed by atoms with E-state index in [0.29, 0.717) is 30.5 Å². The SMILES string of the molecule is CC(=N)N(C(=N)c1cc(C(C)C)c(O)cc1O)c1ccc(CN2CCN(C)CC2)cc1.CCC(=O)O.CCNC=O.COC(=O)C(C)CCC=O. The number of amidine groups is 2. The monoisotopic (exact) mass is 714 g/mol. The number of nitrogens with zero attached hydrogens (tertiary/aromatic N) is 3. The summed E-state index contributed by atoms with van der Waals surface area (Å²) >= 11 is 0. The van der Waals surface area contributed by atoms with E-state index in [1.807, 2.05) is 45.0 Å². The number of rotatable bonds is 12. The Morgan fingerprint density at radius 2 is 1.57 bits per heavy atom. The predicted molar refractivity (Wildman–Crippen MR) is 200 cm³/mol. The minimum Gasteiger partial charge on any atom is -0.508 e. The molecule has 1 fully saturated rings. The van der Waals surface area contributed by atoms with Gasteiger partial charge in [0.1, 0.15) is 29.5 Å². The van der Waals surface area contributed by atoms with E-state index in [1.165, 1.54) is 23.6 Å². The Labute approximate surface area is 302 Å². The number of likely N-dealkylation sites (N-methyl/N-ethyl adjacent to an activating group) is 1. The van der Waals surface area contributed by atoms with Crippen molar-refractivity contribution < 1.29 is 39.2 Å². The summed E-state index contributed by atoms with van der Waals surface area (Å²) in [6.07, 6.45) is 2.71. The van der Waals surface area contributed by atoms with Crippen molar-refractivity contribution in [2.75, 3.05) is 51.8 Å². The molecule has 284 valence electrons. The number of aliphatic carboxylic acids is 1. The van der Waals surface area contributed by atoms with Gasteiger partial charge in [-0.3, -0.25) is 35.0 Å². The fraction of sp³-hybridized carbons (Fsp3) is 0.514. The zero-order valence-electron chi connectivity index (χ0n) is 31.4. The maximum Gasteiger partial charge on any atom is 0.308 e. The number of piperazine rings is 1. The van der Waals surface area contributed by atoms with Crippen LogP contribution in [0.5, 0.6) is 11.5 Å². The Bertz CT molecular complexity index is 1390. The minimum absolute atomic E-state index is 0.00119. The number of carboxylic acid groups (broad SMARTS) is 1. The first-order chi connectivity index (χ1) is 24.1. The van der Waals surface area contributed by atoms with E-state index < -0.39 is 5.97 Å². The number of hydrogen-bond acceptors (Lipinski definition) is 11. The van der Waals surface area contributed by atoms with Gasteiger partial charge in [0.25, 0.3) is 0 Å². The Morgan fingerprint density at radius 3 is 1.98 bits per heavy atom. The molecule has 0 saturated carbocycles. The number of nitrogens with one attached hydrogen (secondary N) is 3. The molecule has 1 saturated heterocycles. The summed E-state index contributed by atoms with van der Waals surface area (Å²) in [6, 6.07) is 10.8. The highest BCUT2D eigenvalue weighted by molar-refractivity contribution is 6.23. The van der Waals surface area contributed by atoms with Crippen LogP contribution in [-0.2, 0) is 30.5 Å². The zero-order chi connectivity index (χ0) is 39.1. The van der Waals surface area contributed by atoms with Crippen LogP contribution >= 0.6 is 0 Å².